The van der Waals surface area contributed by atoms with Gasteiger partial charge < -0.3 is 4.90 Å². The lowest BCUT2D eigenvalue weighted by Gasteiger charge is -2.25. The first-order chi connectivity index (χ1) is 9.09. The van der Waals surface area contributed by atoms with Gasteiger partial charge in [0.15, 0.2) is 0 Å². The first-order valence-electron chi connectivity index (χ1n) is 8.18. The van der Waals surface area contributed by atoms with Gasteiger partial charge in [0.25, 0.3) is 0 Å². The van der Waals surface area contributed by atoms with E-state index in [4.69, 9.17) is 0 Å². The van der Waals surface area contributed by atoms with Gasteiger partial charge in [0.1, 0.15) is 0 Å². The van der Waals surface area contributed by atoms with E-state index in [0.29, 0.717) is 11.8 Å². The lowest BCUT2D eigenvalue weighted by atomic mass is 9.98. The number of nitrogens with zero attached hydrogens (tertiary/aromatic N) is 1. The maximum Gasteiger partial charge on any atom is 0.244 e. The predicted octanol–water partition coefficient (Wildman–Crippen LogP) is 3.29. The van der Waals surface area contributed by atoms with Crippen LogP contribution in [0.25, 0.3) is 0 Å². The predicted molar refractivity (Wildman–Crippen MR) is 78.8 cm³/mol. The highest BCUT2D eigenvalue weighted by Crippen LogP contribution is 2.37. The second kappa shape index (κ2) is 6.25. The number of unbranched alkanes of at least 4 members (excludes halogenated alkanes) is 2. The number of amides is 1. The van der Waals surface area contributed by atoms with E-state index in [9.17, 15) is 4.79 Å². The minimum atomic E-state index is -0.189. The van der Waals surface area contributed by atoms with E-state index in [-0.39, 0.29) is 11.7 Å². The van der Waals surface area contributed by atoms with Gasteiger partial charge in [-0.3, -0.25) is 10.1 Å². The molecule has 0 radical (unpaired) electrons. The summed E-state index contributed by atoms with van der Waals surface area (Å²) in [7, 11) is 0. The molecule has 1 atom stereocenters. The molecule has 2 fully saturated rings. The largest absolute Gasteiger partial charge is 0.326 e. The fourth-order valence-electron chi connectivity index (χ4n) is 3.63. The summed E-state index contributed by atoms with van der Waals surface area (Å²) in [6.07, 6.45) is 9.46. The second-order valence-corrected chi connectivity index (χ2v) is 6.78. The third-order valence-electron chi connectivity index (χ3n) is 4.64. The summed E-state index contributed by atoms with van der Waals surface area (Å²) < 4.78 is 0. The highest BCUT2D eigenvalue weighted by atomic mass is 16.2. The van der Waals surface area contributed by atoms with Crippen LogP contribution < -0.4 is 5.32 Å². The molecule has 1 amide bonds. The second-order valence-electron chi connectivity index (χ2n) is 6.78. The normalized spacial score (nSPS) is 26.0. The fraction of sp³-hybridized carbons (Fsp3) is 0.938. The van der Waals surface area contributed by atoms with E-state index in [2.05, 4.69) is 31.0 Å². The Labute approximate surface area is 118 Å². The van der Waals surface area contributed by atoms with Crippen molar-refractivity contribution in [3.05, 3.63) is 0 Å². The van der Waals surface area contributed by atoms with Crippen molar-refractivity contribution in [2.24, 2.45) is 5.92 Å². The number of carbonyl (C=O) groups is 1. The van der Waals surface area contributed by atoms with Gasteiger partial charge in [0.2, 0.25) is 5.91 Å². The molecule has 3 nitrogen and oxygen atoms in total. The average Bonchev–Trinajstić information content (AvgIpc) is 2.90. The van der Waals surface area contributed by atoms with E-state index in [0.717, 1.165) is 32.2 Å². The Bertz CT molecular complexity index is 308. The third kappa shape index (κ3) is 3.13. The van der Waals surface area contributed by atoms with E-state index in [1.165, 1.54) is 25.7 Å². The van der Waals surface area contributed by atoms with Crippen molar-refractivity contribution < 1.29 is 4.79 Å². The zero-order valence-electron chi connectivity index (χ0n) is 12.9. The van der Waals surface area contributed by atoms with Crippen LogP contribution in [0.3, 0.4) is 0 Å². The summed E-state index contributed by atoms with van der Waals surface area (Å²) >= 11 is 0. The number of carbonyl (C=O) groups excluding carboxylic acids is 1. The third-order valence-corrected chi connectivity index (χ3v) is 4.64. The molecule has 19 heavy (non-hydrogen) atoms. The van der Waals surface area contributed by atoms with E-state index >= 15 is 0 Å². The van der Waals surface area contributed by atoms with Crippen LogP contribution in [0.5, 0.6) is 0 Å². The molecule has 1 saturated heterocycles. The van der Waals surface area contributed by atoms with Gasteiger partial charge in [0, 0.05) is 6.54 Å². The number of nitrogens with one attached hydrogen (secondary N) is 1. The van der Waals surface area contributed by atoms with Crippen molar-refractivity contribution in [2.75, 3.05) is 6.54 Å². The highest BCUT2D eigenvalue weighted by molar-refractivity contribution is 5.89. The van der Waals surface area contributed by atoms with E-state index in [1.807, 2.05) is 0 Å². The molecule has 1 aliphatic heterocycles. The van der Waals surface area contributed by atoms with Crippen molar-refractivity contribution in [1.29, 1.82) is 0 Å². The smallest absolute Gasteiger partial charge is 0.244 e. The van der Waals surface area contributed by atoms with Crippen molar-refractivity contribution in [3.63, 3.8) is 0 Å². The lowest BCUT2D eigenvalue weighted by molar-refractivity contribution is -0.133. The quantitative estimate of drug-likeness (QED) is 0.748. The molecule has 0 aromatic heterocycles. The SMILES string of the molecule is CCCCCN1C(=O)C2(CCCC2)NC1CC(C)C. The molecule has 1 unspecified atom stereocenters. The average molecular weight is 266 g/mol. The Morgan fingerprint density at radius 2 is 2.00 bits per heavy atom. The van der Waals surface area contributed by atoms with Gasteiger partial charge in [-0.05, 0) is 31.6 Å². The molecule has 110 valence electrons. The molecule has 2 aliphatic rings. The molecule has 2 rings (SSSR count). The number of hydrogen-bond acceptors (Lipinski definition) is 2. The topological polar surface area (TPSA) is 32.3 Å². The molecule has 3 heteroatoms. The molecular formula is C16H30N2O. The molecule has 0 aromatic carbocycles. The number of hydrogen-bond donors (Lipinski definition) is 1. The minimum Gasteiger partial charge on any atom is -0.326 e. The van der Waals surface area contributed by atoms with Gasteiger partial charge in [0.05, 0.1) is 11.7 Å². The van der Waals surface area contributed by atoms with Crippen LogP contribution in [0.1, 0.15) is 72.1 Å². The van der Waals surface area contributed by atoms with Crippen LogP contribution in [-0.4, -0.2) is 29.1 Å². The van der Waals surface area contributed by atoms with E-state index in [1.54, 1.807) is 0 Å². The first-order valence-corrected chi connectivity index (χ1v) is 8.18. The summed E-state index contributed by atoms with van der Waals surface area (Å²) in [5, 5.41) is 3.70. The van der Waals surface area contributed by atoms with Crippen molar-refractivity contribution >= 4 is 5.91 Å². The molecular weight excluding hydrogens is 236 g/mol. The minimum absolute atomic E-state index is 0.189. The van der Waals surface area contributed by atoms with Crippen LogP contribution in [-0.2, 0) is 4.79 Å². The van der Waals surface area contributed by atoms with Crippen LogP contribution in [0.15, 0.2) is 0 Å². The van der Waals surface area contributed by atoms with Gasteiger partial charge in [-0.15, -0.1) is 0 Å². The van der Waals surface area contributed by atoms with Gasteiger partial charge in [-0.2, -0.15) is 0 Å². The maximum absolute atomic E-state index is 12.8. The highest BCUT2D eigenvalue weighted by Gasteiger charge is 2.51. The Kier molecular flexibility index (Phi) is 4.88. The van der Waals surface area contributed by atoms with Gasteiger partial charge in [-0.1, -0.05) is 46.5 Å². The maximum atomic E-state index is 12.8. The Morgan fingerprint density at radius 3 is 2.58 bits per heavy atom. The Balaban J connectivity index is 2.04. The summed E-state index contributed by atoms with van der Waals surface area (Å²) in [4.78, 5) is 14.9. The number of rotatable bonds is 6. The zero-order chi connectivity index (χ0) is 13.9. The van der Waals surface area contributed by atoms with Crippen LogP contribution in [0.4, 0.5) is 0 Å². The lowest BCUT2D eigenvalue weighted by Crippen LogP contribution is -2.44. The summed E-state index contributed by atoms with van der Waals surface area (Å²) in [5.74, 6) is 1.03. The molecule has 0 bridgehead atoms. The summed E-state index contributed by atoms with van der Waals surface area (Å²) in [5.41, 5.74) is -0.189. The molecule has 1 saturated carbocycles. The molecule has 1 spiro atoms. The molecule has 1 aliphatic carbocycles. The van der Waals surface area contributed by atoms with Crippen molar-refractivity contribution in [2.45, 2.75) is 83.8 Å². The zero-order valence-corrected chi connectivity index (χ0v) is 12.9. The van der Waals surface area contributed by atoms with Crippen LogP contribution in [0, 0.1) is 5.92 Å². The Morgan fingerprint density at radius 1 is 1.32 bits per heavy atom. The molecule has 1 N–H and O–H groups in total. The summed E-state index contributed by atoms with van der Waals surface area (Å²) in [6.45, 7) is 7.65. The Hall–Kier alpha value is -0.570. The van der Waals surface area contributed by atoms with Crippen LogP contribution >= 0.6 is 0 Å². The van der Waals surface area contributed by atoms with Crippen molar-refractivity contribution in [3.8, 4) is 0 Å². The van der Waals surface area contributed by atoms with Gasteiger partial charge >= 0.3 is 0 Å². The molecule has 1 heterocycles. The van der Waals surface area contributed by atoms with Gasteiger partial charge in [-0.25, -0.2) is 0 Å². The van der Waals surface area contributed by atoms with E-state index < -0.39 is 0 Å². The van der Waals surface area contributed by atoms with Crippen molar-refractivity contribution in [1.82, 2.24) is 10.2 Å². The monoisotopic (exact) mass is 266 g/mol. The fourth-order valence-corrected chi connectivity index (χ4v) is 3.63. The standard InChI is InChI=1S/C16H30N2O/c1-4-5-8-11-18-14(12-13(2)3)17-16(15(18)19)9-6-7-10-16/h13-14,17H,4-12H2,1-3H3. The summed E-state index contributed by atoms with van der Waals surface area (Å²) in [6, 6.07) is 0. The first kappa shape index (κ1) is 14.8. The molecule has 0 aromatic rings. The van der Waals surface area contributed by atoms with Crippen LogP contribution in [0.2, 0.25) is 0 Å².